The molecule has 2 aromatic carbocycles. The van der Waals surface area contributed by atoms with E-state index < -0.39 is 5.97 Å². The van der Waals surface area contributed by atoms with E-state index in [2.05, 4.69) is 6.92 Å². The lowest BCUT2D eigenvalue weighted by Gasteiger charge is -2.05. The summed E-state index contributed by atoms with van der Waals surface area (Å²) in [6.07, 6.45) is 0.933. The monoisotopic (exact) mass is 215 g/mol. The van der Waals surface area contributed by atoms with Crippen molar-refractivity contribution in [3.8, 4) is 0 Å². The van der Waals surface area contributed by atoms with Gasteiger partial charge in [0.05, 0.1) is 5.56 Å². The van der Waals surface area contributed by atoms with Crippen LogP contribution in [-0.4, -0.2) is 11.1 Å². The van der Waals surface area contributed by atoms with Crippen molar-refractivity contribution in [2.75, 3.05) is 5.73 Å². The SMILES string of the molecule is CCc1ccc2cc(N)c(C(=O)O)cc2c1. The second-order valence-electron chi connectivity index (χ2n) is 3.78. The summed E-state index contributed by atoms with van der Waals surface area (Å²) in [4.78, 5) is 10.9. The molecule has 0 saturated heterocycles. The fourth-order valence-corrected chi connectivity index (χ4v) is 1.77. The standard InChI is InChI=1S/C13H13NO2/c1-2-8-3-4-9-7-12(14)11(13(15)16)6-10(9)5-8/h3-7H,2,14H2,1H3,(H,15,16). The van der Waals surface area contributed by atoms with E-state index in [4.69, 9.17) is 10.8 Å². The van der Waals surface area contributed by atoms with Crippen LogP contribution in [-0.2, 0) is 6.42 Å². The van der Waals surface area contributed by atoms with Crippen molar-refractivity contribution in [3.05, 3.63) is 41.5 Å². The Labute approximate surface area is 93.5 Å². The number of benzene rings is 2. The van der Waals surface area contributed by atoms with E-state index in [1.54, 1.807) is 12.1 Å². The molecule has 16 heavy (non-hydrogen) atoms. The Morgan fingerprint density at radius 3 is 2.62 bits per heavy atom. The molecular weight excluding hydrogens is 202 g/mol. The first kappa shape index (κ1) is 10.5. The van der Waals surface area contributed by atoms with Crippen LogP contribution >= 0.6 is 0 Å². The largest absolute Gasteiger partial charge is 0.478 e. The van der Waals surface area contributed by atoms with Gasteiger partial charge in [0.15, 0.2) is 0 Å². The molecule has 0 saturated carbocycles. The molecule has 0 aliphatic heterocycles. The second-order valence-corrected chi connectivity index (χ2v) is 3.78. The summed E-state index contributed by atoms with van der Waals surface area (Å²) >= 11 is 0. The van der Waals surface area contributed by atoms with Gasteiger partial charge in [-0.2, -0.15) is 0 Å². The minimum atomic E-state index is -0.985. The van der Waals surface area contributed by atoms with E-state index in [0.717, 1.165) is 17.2 Å². The van der Waals surface area contributed by atoms with Crippen molar-refractivity contribution in [1.82, 2.24) is 0 Å². The molecule has 3 heteroatoms. The van der Waals surface area contributed by atoms with Crippen molar-refractivity contribution in [2.45, 2.75) is 13.3 Å². The van der Waals surface area contributed by atoms with Gasteiger partial charge in [-0.05, 0) is 34.9 Å². The Bertz CT molecular complexity index is 561. The van der Waals surface area contributed by atoms with Crippen LogP contribution in [0.3, 0.4) is 0 Å². The highest BCUT2D eigenvalue weighted by atomic mass is 16.4. The van der Waals surface area contributed by atoms with Crippen LogP contribution in [0.4, 0.5) is 5.69 Å². The van der Waals surface area contributed by atoms with Crippen LogP contribution in [0.15, 0.2) is 30.3 Å². The van der Waals surface area contributed by atoms with Gasteiger partial charge in [-0.25, -0.2) is 4.79 Å². The minimum Gasteiger partial charge on any atom is -0.478 e. The maximum absolute atomic E-state index is 10.9. The third kappa shape index (κ3) is 1.72. The average Bonchev–Trinajstić information content (AvgIpc) is 2.27. The topological polar surface area (TPSA) is 63.3 Å². The number of nitrogens with two attached hydrogens (primary N) is 1. The number of nitrogen functional groups attached to an aromatic ring is 1. The third-order valence-electron chi connectivity index (χ3n) is 2.71. The predicted octanol–water partition coefficient (Wildman–Crippen LogP) is 2.68. The lowest BCUT2D eigenvalue weighted by Crippen LogP contribution is -2.02. The van der Waals surface area contributed by atoms with Gasteiger partial charge in [0.25, 0.3) is 0 Å². The van der Waals surface area contributed by atoms with Crippen molar-refractivity contribution in [1.29, 1.82) is 0 Å². The summed E-state index contributed by atoms with van der Waals surface area (Å²) in [5, 5.41) is 10.9. The zero-order valence-electron chi connectivity index (χ0n) is 9.03. The van der Waals surface area contributed by atoms with Gasteiger partial charge in [-0.1, -0.05) is 25.1 Å². The van der Waals surface area contributed by atoms with Crippen LogP contribution in [0.5, 0.6) is 0 Å². The Hall–Kier alpha value is -2.03. The molecule has 0 fully saturated rings. The lowest BCUT2D eigenvalue weighted by molar-refractivity contribution is 0.0698. The first-order chi connectivity index (χ1) is 7.61. The van der Waals surface area contributed by atoms with Gasteiger partial charge >= 0.3 is 5.97 Å². The summed E-state index contributed by atoms with van der Waals surface area (Å²) in [5.74, 6) is -0.985. The molecule has 2 rings (SSSR count). The summed E-state index contributed by atoms with van der Waals surface area (Å²) in [7, 11) is 0. The van der Waals surface area contributed by atoms with Crippen LogP contribution in [0.25, 0.3) is 10.8 Å². The van der Waals surface area contributed by atoms with E-state index in [1.807, 2.05) is 18.2 Å². The zero-order chi connectivity index (χ0) is 11.7. The van der Waals surface area contributed by atoms with Crippen LogP contribution in [0, 0.1) is 0 Å². The van der Waals surface area contributed by atoms with E-state index in [-0.39, 0.29) is 5.56 Å². The highest BCUT2D eigenvalue weighted by Crippen LogP contribution is 2.23. The summed E-state index contributed by atoms with van der Waals surface area (Å²) in [5.41, 5.74) is 7.34. The number of hydrogen-bond acceptors (Lipinski definition) is 2. The first-order valence-electron chi connectivity index (χ1n) is 5.17. The Morgan fingerprint density at radius 2 is 2.00 bits per heavy atom. The van der Waals surface area contributed by atoms with Crippen molar-refractivity contribution in [3.63, 3.8) is 0 Å². The number of hydrogen-bond donors (Lipinski definition) is 2. The molecule has 0 spiro atoms. The maximum atomic E-state index is 10.9. The molecule has 3 N–H and O–H groups in total. The zero-order valence-corrected chi connectivity index (χ0v) is 9.03. The number of fused-ring (bicyclic) bond motifs is 1. The number of rotatable bonds is 2. The van der Waals surface area contributed by atoms with Gasteiger partial charge in [0.2, 0.25) is 0 Å². The summed E-state index contributed by atoms with van der Waals surface area (Å²) in [6.45, 7) is 2.07. The molecule has 0 heterocycles. The minimum absolute atomic E-state index is 0.167. The van der Waals surface area contributed by atoms with E-state index >= 15 is 0 Å². The summed E-state index contributed by atoms with van der Waals surface area (Å²) < 4.78 is 0. The molecule has 0 aliphatic carbocycles. The number of aromatic carboxylic acids is 1. The van der Waals surface area contributed by atoms with Gasteiger partial charge < -0.3 is 10.8 Å². The second kappa shape index (κ2) is 3.85. The van der Waals surface area contributed by atoms with Gasteiger partial charge in [-0.3, -0.25) is 0 Å². The van der Waals surface area contributed by atoms with E-state index in [9.17, 15) is 4.79 Å². The molecule has 2 aromatic rings. The highest BCUT2D eigenvalue weighted by molar-refractivity contribution is 6.00. The molecule has 0 aliphatic rings. The predicted molar refractivity (Wildman–Crippen MR) is 64.7 cm³/mol. The Balaban J connectivity index is 2.70. The number of aryl methyl sites for hydroxylation is 1. The molecule has 0 unspecified atom stereocenters. The van der Waals surface area contributed by atoms with Crippen molar-refractivity contribution < 1.29 is 9.90 Å². The Morgan fingerprint density at radius 1 is 1.25 bits per heavy atom. The summed E-state index contributed by atoms with van der Waals surface area (Å²) in [6, 6.07) is 9.34. The molecule has 0 amide bonds. The van der Waals surface area contributed by atoms with Crippen molar-refractivity contribution in [2.24, 2.45) is 0 Å². The number of carboxylic acids is 1. The molecule has 0 radical (unpaired) electrons. The number of carbonyl (C=O) groups is 1. The van der Waals surface area contributed by atoms with Gasteiger partial charge in [0, 0.05) is 5.69 Å². The quantitative estimate of drug-likeness (QED) is 0.757. The molecule has 0 atom stereocenters. The van der Waals surface area contributed by atoms with Gasteiger partial charge in [-0.15, -0.1) is 0 Å². The molecular formula is C13H13NO2. The average molecular weight is 215 g/mol. The van der Waals surface area contributed by atoms with Crippen LogP contribution < -0.4 is 5.73 Å². The number of carboxylic acid groups (broad SMARTS) is 1. The molecule has 0 bridgehead atoms. The van der Waals surface area contributed by atoms with Crippen molar-refractivity contribution >= 4 is 22.4 Å². The fraction of sp³-hybridized carbons (Fsp3) is 0.154. The van der Waals surface area contributed by atoms with E-state index in [0.29, 0.717) is 5.69 Å². The normalized spacial score (nSPS) is 10.6. The fourth-order valence-electron chi connectivity index (χ4n) is 1.77. The Kier molecular flexibility index (Phi) is 2.52. The maximum Gasteiger partial charge on any atom is 0.337 e. The van der Waals surface area contributed by atoms with Gasteiger partial charge in [0.1, 0.15) is 0 Å². The van der Waals surface area contributed by atoms with E-state index in [1.165, 1.54) is 5.56 Å². The smallest absolute Gasteiger partial charge is 0.337 e. The number of anilines is 1. The third-order valence-corrected chi connectivity index (χ3v) is 2.71. The first-order valence-corrected chi connectivity index (χ1v) is 5.17. The highest BCUT2D eigenvalue weighted by Gasteiger charge is 2.09. The van der Waals surface area contributed by atoms with Crippen LogP contribution in [0.2, 0.25) is 0 Å². The molecule has 3 nitrogen and oxygen atoms in total. The van der Waals surface area contributed by atoms with Crippen LogP contribution in [0.1, 0.15) is 22.8 Å². The lowest BCUT2D eigenvalue weighted by atomic mass is 10.0. The molecule has 0 aromatic heterocycles. The molecule has 82 valence electrons.